The number of aliphatic hydroxyl groups is 1. The maximum absolute atomic E-state index is 11.0. The third-order valence-corrected chi connectivity index (χ3v) is 2.31. The van der Waals surface area contributed by atoms with E-state index in [0.717, 1.165) is 0 Å². The number of carbonyl (C=O) groups excluding carboxylic acids is 2. The molecule has 0 aromatic carbocycles. The normalized spacial score (nSPS) is 21.8. The van der Waals surface area contributed by atoms with E-state index < -0.39 is 22.4 Å². The molecule has 0 saturated carbocycles. The first-order valence-corrected chi connectivity index (χ1v) is 4.17. The Morgan fingerprint density at radius 2 is 2.23 bits per heavy atom. The highest BCUT2D eigenvalue weighted by Crippen LogP contribution is 2.27. The molecule has 0 radical (unpaired) electrons. The minimum absolute atomic E-state index is 0.0694. The van der Waals surface area contributed by atoms with E-state index in [4.69, 9.17) is 5.11 Å². The Bertz CT molecular complexity index is 271. The Hall–Kier alpha value is -0.950. The molecule has 13 heavy (non-hydrogen) atoms. The number of carboxylic acid groups (broad SMARTS) is 1. The number of nitrogens with zero attached hydrogens (tertiary/aromatic N) is 1. The summed E-state index contributed by atoms with van der Waals surface area (Å²) in [7, 11) is 0. The summed E-state index contributed by atoms with van der Waals surface area (Å²) in [5, 5.41) is 17.7. The van der Waals surface area contributed by atoms with Crippen LogP contribution in [0.5, 0.6) is 0 Å². The molecule has 2 N–H and O–H groups in total. The van der Waals surface area contributed by atoms with E-state index in [1.54, 1.807) is 0 Å². The van der Waals surface area contributed by atoms with Gasteiger partial charge in [-0.1, -0.05) is 0 Å². The molecular formula is C6H6BrNO5. The monoisotopic (exact) mass is 253 g/mol. The quantitative estimate of drug-likeness (QED) is 0.384. The number of aliphatic carboxylic acids is 1. The second-order valence-corrected chi connectivity index (χ2v) is 3.62. The van der Waals surface area contributed by atoms with Crippen molar-refractivity contribution in [2.45, 2.75) is 17.5 Å². The Labute approximate surface area is 81.3 Å². The van der Waals surface area contributed by atoms with Crippen molar-refractivity contribution in [3.05, 3.63) is 0 Å². The van der Waals surface area contributed by atoms with Crippen molar-refractivity contribution >= 4 is 33.7 Å². The summed E-state index contributed by atoms with van der Waals surface area (Å²) < 4.78 is -2.61. The number of imide groups is 1. The van der Waals surface area contributed by atoms with Crippen LogP contribution >= 0.6 is 15.9 Å². The molecule has 6 nitrogen and oxygen atoms in total. The molecular weight excluding hydrogens is 248 g/mol. The lowest BCUT2D eigenvalue weighted by atomic mass is 10.4. The summed E-state index contributed by atoms with van der Waals surface area (Å²) in [4.78, 5) is 32.7. The van der Waals surface area contributed by atoms with E-state index in [0.29, 0.717) is 4.90 Å². The maximum atomic E-state index is 11.0. The molecule has 0 aromatic rings. The first kappa shape index (κ1) is 10.1. The lowest BCUT2D eigenvalue weighted by Gasteiger charge is -2.25. The molecule has 72 valence electrons. The Morgan fingerprint density at radius 1 is 1.69 bits per heavy atom. The molecule has 0 bridgehead atoms. The van der Waals surface area contributed by atoms with E-state index in [-0.39, 0.29) is 12.8 Å². The lowest BCUT2D eigenvalue weighted by Crippen LogP contribution is -2.52. The number of carboxylic acids is 1. The number of amides is 2. The van der Waals surface area contributed by atoms with Crippen LogP contribution in [0.1, 0.15) is 12.8 Å². The van der Waals surface area contributed by atoms with Gasteiger partial charge in [0.05, 0.1) is 0 Å². The molecule has 1 aliphatic heterocycles. The average Bonchev–Trinajstić information content (AvgIpc) is 2.30. The van der Waals surface area contributed by atoms with Gasteiger partial charge in [0.1, 0.15) is 0 Å². The van der Waals surface area contributed by atoms with Crippen molar-refractivity contribution in [1.29, 1.82) is 0 Å². The molecule has 2 amide bonds. The fourth-order valence-electron chi connectivity index (χ4n) is 1.00. The average molecular weight is 254 g/mol. The molecule has 1 unspecified atom stereocenters. The molecule has 0 aromatic heterocycles. The van der Waals surface area contributed by atoms with Gasteiger partial charge in [0.15, 0.2) is 0 Å². The van der Waals surface area contributed by atoms with Crippen LogP contribution < -0.4 is 0 Å². The Morgan fingerprint density at radius 3 is 2.54 bits per heavy atom. The van der Waals surface area contributed by atoms with E-state index in [1.807, 2.05) is 0 Å². The molecule has 1 heterocycles. The summed E-state index contributed by atoms with van der Waals surface area (Å²) >= 11 is 2.39. The molecule has 1 atom stereocenters. The van der Waals surface area contributed by atoms with Crippen molar-refractivity contribution < 1.29 is 24.6 Å². The summed E-state index contributed by atoms with van der Waals surface area (Å²) in [5.41, 5.74) is 0. The van der Waals surface area contributed by atoms with Crippen molar-refractivity contribution in [1.82, 2.24) is 4.90 Å². The SMILES string of the molecule is O=C1CC[14C](=O)N1C(O)(Br)C(=O)O. The van der Waals surface area contributed by atoms with Crippen LogP contribution in [0.2, 0.25) is 0 Å². The van der Waals surface area contributed by atoms with E-state index in [9.17, 15) is 19.5 Å². The molecule has 7 heteroatoms. The van der Waals surface area contributed by atoms with Gasteiger partial charge < -0.3 is 10.2 Å². The van der Waals surface area contributed by atoms with Gasteiger partial charge in [-0.15, -0.1) is 0 Å². The smallest absolute Gasteiger partial charge is 0.369 e. The molecule has 1 rings (SSSR count). The number of likely N-dealkylation sites (tertiary alicyclic amines) is 1. The van der Waals surface area contributed by atoms with Crippen LogP contribution in [-0.2, 0) is 14.4 Å². The molecule has 0 spiro atoms. The lowest BCUT2D eigenvalue weighted by molar-refractivity contribution is -0.172. The van der Waals surface area contributed by atoms with Gasteiger partial charge in [0.25, 0.3) is 0 Å². The first-order valence-electron chi connectivity index (χ1n) is 3.38. The van der Waals surface area contributed by atoms with Gasteiger partial charge in [0, 0.05) is 12.8 Å². The van der Waals surface area contributed by atoms with Crippen LogP contribution in [0, 0.1) is 0 Å². The number of halogens is 1. The Balaban J connectivity index is 2.99. The van der Waals surface area contributed by atoms with Gasteiger partial charge in [-0.05, 0) is 15.9 Å². The summed E-state index contributed by atoms with van der Waals surface area (Å²) in [6, 6.07) is 0. The largest absolute Gasteiger partial charge is 0.477 e. The molecule has 0 aliphatic carbocycles. The second kappa shape index (κ2) is 3.08. The number of rotatable bonds is 2. The van der Waals surface area contributed by atoms with Crippen molar-refractivity contribution in [2.75, 3.05) is 0 Å². The fraction of sp³-hybridized carbons (Fsp3) is 0.500. The highest BCUT2D eigenvalue weighted by atomic mass is 79.9. The van der Waals surface area contributed by atoms with E-state index >= 15 is 0 Å². The van der Waals surface area contributed by atoms with Crippen LogP contribution in [0.3, 0.4) is 0 Å². The predicted molar refractivity (Wildman–Crippen MR) is 42.6 cm³/mol. The third kappa shape index (κ3) is 1.56. The minimum Gasteiger partial charge on any atom is -0.477 e. The highest BCUT2D eigenvalue weighted by Gasteiger charge is 2.49. The van der Waals surface area contributed by atoms with E-state index in [1.165, 1.54) is 0 Å². The van der Waals surface area contributed by atoms with Crippen LogP contribution in [0.15, 0.2) is 0 Å². The summed E-state index contributed by atoms with van der Waals surface area (Å²) in [5.74, 6) is -3.10. The van der Waals surface area contributed by atoms with Crippen molar-refractivity contribution in [2.24, 2.45) is 0 Å². The van der Waals surface area contributed by atoms with Gasteiger partial charge >= 0.3 is 10.6 Å². The highest BCUT2D eigenvalue weighted by molar-refractivity contribution is 9.10. The topological polar surface area (TPSA) is 94.9 Å². The zero-order chi connectivity index (χ0) is 10.2. The minimum atomic E-state index is -2.61. The van der Waals surface area contributed by atoms with E-state index in [2.05, 4.69) is 15.9 Å². The zero-order valence-corrected chi connectivity index (χ0v) is 7.94. The van der Waals surface area contributed by atoms with Crippen molar-refractivity contribution in [3.63, 3.8) is 0 Å². The van der Waals surface area contributed by atoms with Gasteiger partial charge in [-0.25, -0.2) is 9.69 Å². The first-order chi connectivity index (χ1) is 5.87. The number of hydrogen-bond donors (Lipinski definition) is 2. The van der Waals surface area contributed by atoms with Crippen LogP contribution in [-0.4, -0.2) is 37.5 Å². The van der Waals surface area contributed by atoms with Gasteiger partial charge in [0.2, 0.25) is 11.8 Å². The van der Waals surface area contributed by atoms with Crippen molar-refractivity contribution in [3.8, 4) is 0 Å². The number of alkyl halides is 1. The predicted octanol–water partition coefficient (Wildman–Crippen LogP) is -0.739. The molecule has 1 aliphatic rings. The summed E-state index contributed by atoms with van der Waals surface area (Å²) in [6.07, 6.45) is -0.139. The zero-order valence-electron chi connectivity index (χ0n) is 6.36. The number of hydrogen-bond acceptors (Lipinski definition) is 4. The van der Waals surface area contributed by atoms with Gasteiger partial charge in [-0.3, -0.25) is 9.59 Å². The summed E-state index contributed by atoms with van der Waals surface area (Å²) in [6.45, 7) is 0. The standard InChI is InChI=1S/C6H6BrNO5/c7-6(13,5(11)12)8-3(9)1-2-4(8)10/h13H,1-2H2,(H,11,12)/i3+2. The second-order valence-electron chi connectivity index (χ2n) is 2.52. The Kier molecular flexibility index (Phi) is 2.40. The number of carbonyl (C=O) groups is 3. The molecule has 1 saturated heterocycles. The fourth-order valence-corrected chi connectivity index (χ4v) is 1.40. The van der Waals surface area contributed by atoms with Gasteiger partial charge in [-0.2, -0.15) is 0 Å². The molecule has 1 fully saturated rings. The third-order valence-electron chi connectivity index (χ3n) is 1.62. The maximum Gasteiger partial charge on any atom is 0.369 e. The van der Waals surface area contributed by atoms with Crippen LogP contribution in [0.4, 0.5) is 0 Å². The van der Waals surface area contributed by atoms with Crippen LogP contribution in [0.25, 0.3) is 0 Å².